The molecule has 186 valence electrons. The van der Waals surface area contributed by atoms with E-state index < -0.39 is 0 Å². The molecule has 0 bridgehead atoms. The summed E-state index contributed by atoms with van der Waals surface area (Å²) < 4.78 is 0. The van der Waals surface area contributed by atoms with Crippen molar-refractivity contribution in [2.75, 3.05) is 42.0 Å². The molecule has 0 fully saturated rings. The second-order valence-electron chi connectivity index (χ2n) is 9.21. The number of nitrogens with one attached hydrogen (secondary N) is 3. The third kappa shape index (κ3) is 5.73. The molecule has 0 unspecified atom stereocenters. The zero-order valence-corrected chi connectivity index (χ0v) is 21.1. The zero-order chi connectivity index (χ0) is 25.8. The average Bonchev–Trinajstić information content (AvgIpc) is 2.91. The maximum absolute atomic E-state index is 12.9. The van der Waals surface area contributed by atoms with Crippen molar-refractivity contribution in [2.24, 2.45) is 0 Å². The van der Waals surface area contributed by atoms with E-state index in [1.54, 1.807) is 6.20 Å². The molecule has 0 spiro atoms. The Morgan fingerprint density at radius 1 is 0.892 bits per heavy atom. The fourth-order valence-corrected chi connectivity index (χ4v) is 4.13. The van der Waals surface area contributed by atoms with Crippen molar-refractivity contribution in [2.45, 2.75) is 6.04 Å². The van der Waals surface area contributed by atoms with Gasteiger partial charge in [0, 0.05) is 79.1 Å². The van der Waals surface area contributed by atoms with Crippen LogP contribution >= 0.6 is 0 Å². The van der Waals surface area contributed by atoms with Crippen molar-refractivity contribution < 1.29 is 4.79 Å². The van der Waals surface area contributed by atoms with Gasteiger partial charge >= 0.3 is 0 Å². The van der Waals surface area contributed by atoms with Gasteiger partial charge in [-0.25, -0.2) is 0 Å². The van der Waals surface area contributed by atoms with Crippen molar-refractivity contribution in [1.29, 1.82) is 0 Å². The minimum Gasteiger partial charge on any atom is -0.378 e. The van der Waals surface area contributed by atoms with Crippen LogP contribution in [0.25, 0.3) is 10.9 Å². The molecule has 2 heterocycles. The van der Waals surface area contributed by atoms with E-state index in [-0.39, 0.29) is 11.9 Å². The van der Waals surface area contributed by atoms with Gasteiger partial charge in [-0.2, -0.15) is 0 Å². The number of pyridine rings is 1. The molecule has 5 rings (SSSR count). The highest BCUT2D eigenvalue weighted by Crippen LogP contribution is 2.28. The largest absolute Gasteiger partial charge is 0.378 e. The average molecular weight is 491 g/mol. The van der Waals surface area contributed by atoms with E-state index in [4.69, 9.17) is 0 Å². The summed E-state index contributed by atoms with van der Waals surface area (Å²) in [4.78, 5) is 21.5. The summed E-state index contributed by atoms with van der Waals surface area (Å²) in [5.74, 6) is -0.157. The minimum atomic E-state index is -0.157. The van der Waals surface area contributed by atoms with Crippen LogP contribution in [0, 0.1) is 0 Å². The van der Waals surface area contributed by atoms with Gasteiger partial charge < -0.3 is 25.8 Å². The van der Waals surface area contributed by atoms with Gasteiger partial charge in [0.2, 0.25) is 0 Å². The molecule has 0 saturated carbocycles. The first kappa shape index (κ1) is 23.9. The van der Waals surface area contributed by atoms with E-state index in [1.807, 2.05) is 93.0 Å². The molecule has 1 amide bonds. The predicted molar refractivity (Wildman–Crippen MR) is 154 cm³/mol. The Balaban J connectivity index is 1.24. The number of carbonyl (C=O) groups is 1. The van der Waals surface area contributed by atoms with Crippen molar-refractivity contribution in [3.05, 3.63) is 109 Å². The fourth-order valence-electron chi connectivity index (χ4n) is 4.13. The molecule has 0 atom stereocenters. The van der Waals surface area contributed by atoms with Gasteiger partial charge in [0.25, 0.3) is 5.91 Å². The number of benzene rings is 3. The number of hydrogen-bond donors (Lipinski definition) is 3. The van der Waals surface area contributed by atoms with Gasteiger partial charge in [-0.05, 0) is 78.9 Å². The number of aromatic nitrogens is 1. The molecule has 1 aliphatic rings. The summed E-state index contributed by atoms with van der Waals surface area (Å²) >= 11 is 0. The maximum atomic E-state index is 12.9. The Morgan fingerprint density at radius 2 is 1.65 bits per heavy atom. The zero-order valence-electron chi connectivity index (χ0n) is 21.1. The second kappa shape index (κ2) is 10.5. The number of hydrogen-bond acceptors (Lipinski definition) is 6. The van der Waals surface area contributed by atoms with Crippen LogP contribution in [0.2, 0.25) is 0 Å². The molecule has 0 saturated heterocycles. The molecule has 37 heavy (non-hydrogen) atoms. The summed E-state index contributed by atoms with van der Waals surface area (Å²) in [6.07, 6.45) is 9.95. The molecule has 0 aliphatic carbocycles. The predicted octanol–water partition coefficient (Wildman–Crippen LogP) is 6.05. The van der Waals surface area contributed by atoms with Crippen LogP contribution in [0.4, 0.5) is 28.4 Å². The van der Waals surface area contributed by atoms with Crippen LogP contribution in [0.15, 0.2) is 104 Å². The summed E-state index contributed by atoms with van der Waals surface area (Å²) in [7, 11) is 6.02. The Kier molecular flexibility index (Phi) is 6.76. The standard InChI is InChI=1S/C30H30N6O/c1-35(2)26-11-12-27-28(13-16-31-29(27)20-26)33-22-7-9-23(10-8-22)34-30(37)21-5-4-6-25(19-21)32-24-14-17-36(3)18-15-24/h4-20,24,32H,1-3H3,(H,31,33)(H,34,37). The van der Waals surface area contributed by atoms with E-state index in [9.17, 15) is 4.79 Å². The Bertz CT molecular complexity index is 1460. The summed E-state index contributed by atoms with van der Waals surface area (Å²) in [5, 5.41) is 10.9. The molecular formula is C30H30N6O. The molecule has 0 radical (unpaired) electrons. The number of amides is 1. The van der Waals surface area contributed by atoms with Crippen LogP contribution in [-0.2, 0) is 0 Å². The quantitative estimate of drug-likeness (QED) is 0.293. The van der Waals surface area contributed by atoms with Crippen LogP contribution < -0.4 is 20.9 Å². The number of carbonyl (C=O) groups excluding carboxylic acids is 1. The molecule has 4 aromatic rings. The molecule has 3 N–H and O–H groups in total. The highest BCUT2D eigenvalue weighted by Gasteiger charge is 2.10. The normalized spacial score (nSPS) is 13.0. The lowest BCUT2D eigenvalue weighted by Gasteiger charge is -2.19. The first-order valence-electron chi connectivity index (χ1n) is 12.1. The van der Waals surface area contributed by atoms with E-state index in [1.165, 1.54) is 0 Å². The van der Waals surface area contributed by atoms with Crippen LogP contribution in [0.1, 0.15) is 10.4 Å². The molecule has 3 aromatic carbocycles. The third-order valence-electron chi connectivity index (χ3n) is 6.18. The van der Waals surface area contributed by atoms with Gasteiger partial charge in [-0.1, -0.05) is 6.07 Å². The van der Waals surface area contributed by atoms with Gasteiger partial charge in [0.15, 0.2) is 0 Å². The molecule has 7 nitrogen and oxygen atoms in total. The van der Waals surface area contributed by atoms with Gasteiger partial charge in [0.1, 0.15) is 0 Å². The lowest BCUT2D eigenvalue weighted by molar-refractivity contribution is 0.102. The van der Waals surface area contributed by atoms with E-state index >= 15 is 0 Å². The topological polar surface area (TPSA) is 72.5 Å². The second-order valence-corrected chi connectivity index (χ2v) is 9.21. The van der Waals surface area contributed by atoms with E-state index in [2.05, 4.69) is 56.2 Å². The first-order valence-corrected chi connectivity index (χ1v) is 12.1. The lowest BCUT2D eigenvalue weighted by atomic mass is 10.1. The SMILES string of the molecule is CN1C=CC(Nc2cccc(C(=O)Nc3ccc(Nc4ccnc5cc(N(C)C)ccc45)cc3)c2)C=C1. The van der Waals surface area contributed by atoms with Crippen molar-refractivity contribution in [3.8, 4) is 0 Å². The highest BCUT2D eigenvalue weighted by molar-refractivity contribution is 6.05. The van der Waals surface area contributed by atoms with E-state index in [0.29, 0.717) is 5.56 Å². The molecule has 1 aliphatic heterocycles. The van der Waals surface area contributed by atoms with Crippen molar-refractivity contribution >= 4 is 45.2 Å². The van der Waals surface area contributed by atoms with Gasteiger partial charge in [0.05, 0.1) is 11.6 Å². The Morgan fingerprint density at radius 3 is 2.41 bits per heavy atom. The Labute approximate surface area is 217 Å². The monoisotopic (exact) mass is 490 g/mol. The van der Waals surface area contributed by atoms with Crippen LogP contribution in [0.5, 0.6) is 0 Å². The fraction of sp³-hybridized carbons (Fsp3) is 0.133. The van der Waals surface area contributed by atoms with Crippen molar-refractivity contribution in [3.63, 3.8) is 0 Å². The smallest absolute Gasteiger partial charge is 0.255 e. The van der Waals surface area contributed by atoms with Crippen LogP contribution in [0.3, 0.4) is 0 Å². The number of rotatable bonds is 7. The number of fused-ring (bicyclic) bond motifs is 1. The highest BCUT2D eigenvalue weighted by atomic mass is 16.1. The molecule has 1 aromatic heterocycles. The molecule has 7 heteroatoms. The number of nitrogens with zero attached hydrogens (tertiary/aromatic N) is 3. The first-order chi connectivity index (χ1) is 17.9. The number of anilines is 5. The summed E-state index contributed by atoms with van der Waals surface area (Å²) in [5.41, 5.74) is 6.14. The maximum Gasteiger partial charge on any atom is 0.255 e. The van der Waals surface area contributed by atoms with E-state index in [0.717, 1.165) is 39.3 Å². The Hall–Kier alpha value is -4.78. The molecular weight excluding hydrogens is 460 g/mol. The van der Waals surface area contributed by atoms with Crippen molar-refractivity contribution in [1.82, 2.24) is 9.88 Å². The lowest BCUT2D eigenvalue weighted by Crippen LogP contribution is -2.20. The summed E-state index contributed by atoms with van der Waals surface area (Å²) in [6, 6.07) is 23.5. The summed E-state index contributed by atoms with van der Waals surface area (Å²) in [6.45, 7) is 0. The minimum absolute atomic E-state index is 0.0853. The van der Waals surface area contributed by atoms with Gasteiger partial charge in [-0.15, -0.1) is 0 Å². The third-order valence-corrected chi connectivity index (χ3v) is 6.18. The van der Waals surface area contributed by atoms with Crippen LogP contribution in [-0.4, -0.2) is 43.0 Å². The van der Waals surface area contributed by atoms with Gasteiger partial charge in [-0.3, -0.25) is 9.78 Å².